The summed E-state index contributed by atoms with van der Waals surface area (Å²) in [5.41, 5.74) is 2.30. The van der Waals surface area contributed by atoms with Crippen molar-refractivity contribution in [3.05, 3.63) is 48.3 Å². The second-order valence-electron chi connectivity index (χ2n) is 6.54. The molecule has 2 atom stereocenters. The lowest BCUT2D eigenvalue weighted by Crippen LogP contribution is -2.37. The third-order valence-corrected chi connectivity index (χ3v) is 5.11. The standard InChI is InChI=1S/C18H22N4O/c1-20-13-15(12-19-20)22-16-8-10-21(17(16)11-18(22)23)9-7-14-5-3-2-4-6-14/h2-6,12-13,16-17H,7-11H2,1H3/t16-,17+/m1/s1. The van der Waals surface area contributed by atoms with Crippen LogP contribution in [-0.4, -0.2) is 45.8 Å². The summed E-state index contributed by atoms with van der Waals surface area (Å²) in [6.07, 6.45) is 6.47. The van der Waals surface area contributed by atoms with Crippen LogP contribution in [0.15, 0.2) is 42.7 Å². The maximum atomic E-state index is 12.5. The van der Waals surface area contributed by atoms with Gasteiger partial charge < -0.3 is 4.90 Å². The largest absolute Gasteiger partial charge is 0.305 e. The molecule has 2 aromatic rings. The van der Waals surface area contributed by atoms with Gasteiger partial charge in [-0.2, -0.15) is 5.10 Å². The monoisotopic (exact) mass is 310 g/mol. The van der Waals surface area contributed by atoms with Crippen molar-refractivity contribution in [2.45, 2.75) is 31.3 Å². The third-order valence-electron chi connectivity index (χ3n) is 5.11. The van der Waals surface area contributed by atoms with Crippen LogP contribution < -0.4 is 4.90 Å². The van der Waals surface area contributed by atoms with E-state index in [0.29, 0.717) is 18.5 Å². The van der Waals surface area contributed by atoms with Crippen molar-refractivity contribution in [3.63, 3.8) is 0 Å². The predicted octanol–water partition coefficient (Wildman–Crippen LogP) is 1.84. The summed E-state index contributed by atoms with van der Waals surface area (Å²) in [6.45, 7) is 2.10. The van der Waals surface area contributed by atoms with Crippen LogP contribution in [0.2, 0.25) is 0 Å². The summed E-state index contributed by atoms with van der Waals surface area (Å²) in [5.74, 6) is 0.234. The highest BCUT2D eigenvalue weighted by molar-refractivity contribution is 5.97. The van der Waals surface area contributed by atoms with Crippen molar-refractivity contribution in [1.29, 1.82) is 0 Å². The van der Waals surface area contributed by atoms with Gasteiger partial charge >= 0.3 is 0 Å². The summed E-state index contributed by atoms with van der Waals surface area (Å²) in [6, 6.07) is 11.2. The molecule has 2 aliphatic heterocycles. The Bertz CT molecular complexity index is 696. The number of aryl methyl sites for hydroxylation is 1. The molecule has 2 saturated heterocycles. The lowest BCUT2D eigenvalue weighted by Gasteiger charge is -2.24. The minimum atomic E-state index is 0.234. The summed E-state index contributed by atoms with van der Waals surface area (Å²) in [5, 5.41) is 4.21. The zero-order valence-corrected chi connectivity index (χ0v) is 13.4. The molecule has 1 aromatic carbocycles. The van der Waals surface area contributed by atoms with E-state index in [9.17, 15) is 4.79 Å². The minimum Gasteiger partial charge on any atom is -0.305 e. The van der Waals surface area contributed by atoms with E-state index in [2.05, 4.69) is 40.3 Å². The summed E-state index contributed by atoms with van der Waals surface area (Å²) < 4.78 is 1.76. The van der Waals surface area contributed by atoms with Crippen LogP contribution in [0.3, 0.4) is 0 Å². The first-order chi connectivity index (χ1) is 11.2. The molecule has 23 heavy (non-hydrogen) atoms. The molecule has 2 fully saturated rings. The van der Waals surface area contributed by atoms with Gasteiger partial charge in [0, 0.05) is 38.8 Å². The molecule has 120 valence electrons. The Labute approximate surface area is 136 Å². The van der Waals surface area contributed by atoms with Crippen LogP contribution in [0.1, 0.15) is 18.4 Å². The van der Waals surface area contributed by atoms with E-state index in [4.69, 9.17) is 0 Å². The van der Waals surface area contributed by atoms with Crippen LogP contribution >= 0.6 is 0 Å². The van der Waals surface area contributed by atoms with Crippen LogP contribution in [0.4, 0.5) is 5.69 Å². The molecule has 1 aromatic heterocycles. The van der Waals surface area contributed by atoms with Gasteiger partial charge in [-0.3, -0.25) is 14.4 Å². The molecule has 0 spiro atoms. The average Bonchev–Trinajstić information content (AvgIpc) is 3.22. The number of carbonyl (C=O) groups excluding carboxylic acids is 1. The molecular weight excluding hydrogens is 288 g/mol. The van der Waals surface area contributed by atoms with Gasteiger partial charge in [0.2, 0.25) is 5.91 Å². The Morgan fingerprint density at radius 2 is 2.04 bits per heavy atom. The number of amides is 1. The zero-order chi connectivity index (χ0) is 15.8. The van der Waals surface area contributed by atoms with Crippen LogP contribution in [0, 0.1) is 0 Å². The number of anilines is 1. The number of hydrogen-bond donors (Lipinski definition) is 0. The third kappa shape index (κ3) is 2.65. The first-order valence-corrected chi connectivity index (χ1v) is 8.31. The van der Waals surface area contributed by atoms with Crippen molar-refractivity contribution in [1.82, 2.24) is 14.7 Å². The molecule has 0 unspecified atom stereocenters. The summed E-state index contributed by atoms with van der Waals surface area (Å²) >= 11 is 0. The summed E-state index contributed by atoms with van der Waals surface area (Å²) in [7, 11) is 1.89. The van der Waals surface area contributed by atoms with Crippen molar-refractivity contribution in [2.24, 2.45) is 7.05 Å². The molecule has 3 heterocycles. The minimum absolute atomic E-state index is 0.234. The first kappa shape index (κ1) is 14.5. The highest BCUT2D eigenvalue weighted by Gasteiger charge is 2.47. The molecule has 0 radical (unpaired) electrons. The molecule has 0 bridgehead atoms. The Balaban J connectivity index is 1.45. The molecule has 4 rings (SSSR count). The van der Waals surface area contributed by atoms with E-state index in [-0.39, 0.29) is 5.91 Å². The van der Waals surface area contributed by atoms with Crippen molar-refractivity contribution < 1.29 is 4.79 Å². The van der Waals surface area contributed by atoms with Crippen LogP contribution in [0.5, 0.6) is 0 Å². The van der Waals surface area contributed by atoms with E-state index in [1.807, 2.05) is 18.1 Å². The van der Waals surface area contributed by atoms with Gasteiger partial charge in [0.1, 0.15) is 0 Å². The zero-order valence-electron chi connectivity index (χ0n) is 13.4. The van der Waals surface area contributed by atoms with Gasteiger partial charge in [-0.05, 0) is 18.4 Å². The van der Waals surface area contributed by atoms with Gasteiger partial charge in [0.25, 0.3) is 0 Å². The second-order valence-corrected chi connectivity index (χ2v) is 6.54. The number of carbonyl (C=O) groups is 1. The molecule has 1 amide bonds. The van der Waals surface area contributed by atoms with E-state index in [1.54, 1.807) is 10.9 Å². The smallest absolute Gasteiger partial charge is 0.229 e. The lowest BCUT2D eigenvalue weighted by molar-refractivity contribution is -0.117. The molecule has 5 nitrogen and oxygen atoms in total. The van der Waals surface area contributed by atoms with Crippen molar-refractivity contribution in [3.8, 4) is 0 Å². The van der Waals surface area contributed by atoms with Gasteiger partial charge in [0.05, 0.1) is 17.9 Å². The maximum Gasteiger partial charge on any atom is 0.229 e. The number of benzene rings is 1. The predicted molar refractivity (Wildman–Crippen MR) is 89.2 cm³/mol. The van der Waals surface area contributed by atoms with E-state index >= 15 is 0 Å². The van der Waals surface area contributed by atoms with Crippen molar-refractivity contribution in [2.75, 3.05) is 18.0 Å². The van der Waals surface area contributed by atoms with Crippen LogP contribution in [0.25, 0.3) is 0 Å². The molecule has 0 saturated carbocycles. The molecule has 0 aliphatic carbocycles. The first-order valence-electron chi connectivity index (χ1n) is 8.31. The van der Waals surface area contributed by atoms with Crippen molar-refractivity contribution >= 4 is 11.6 Å². The fraction of sp³-hybridized carbons (Fsp3) is 0.444. The number of nitrogens with zero attached hydrogens (tertiary/aromatic N) is 4. The lowest BCUT2D eigenvalue weighted by atomic mass is 10.1. The molecule has 2 aliphatic rings. The fourth-order valence-corrected chi connectivity index (χ4v) is 3.99. The van der Waals surface area contributed by atoms with E-state index < -0.39 is 0 Å². The average molecular weight is 310 g/mol. The van der Waals surface area contributed by atoms with E-state index in [1.165, 1.54) is 5.56 Å². The van der Waals surface area contributed by atoms with E-state index in [0.717, 1.165) is 31.6 Å². The number of fused-ring (bicyclic) bond motifs is 1. The Morgan fingerprint density at radius 3 is 2.78 bits per heavy atom. The number of likely N-dealkylation sites (tertiary alicyclic amines) is 1. The van der Waals surface area contributed by atoms with Gasteiger partial charge in [-0.1, -0.05) is 30.3 Å². The summed E-state index contributed by atoms with van der Waals surface area (Å²) in [4.78, 5) is 16.9. The molecule has 5 heteroatoms. The fourth-order valence-electron chi connectivity index (χ4n) is 3.99. The number of hydrogen-bond acceptors (Lipinski definition) is 3. The highest BCUT2D eigenvalue weighted by atomic mass is 16.2. The number of rotatable bonds is 4. The van der Waals surface area contributed by atoms with Gasteiger partial charge in [-0.15, -0.1) is 0 Å². The topological polar surface area (TPSA) is 41.4 Å². The van der Waals surface area contributed by atoms with Gasteiger partial charge in [-0.25, -0.2) is 0 Å². The Kier molecular flexibility index (Phi) is 3.65. The quantitative estimate of drug-likeness (QED) is 0.865. The molecule has 0 N–H and O–H groups in total. The Morgan fingerprint density at radius 1 is 1.22 bits per heavy atom. The molecular formula is C18H22N4O. The SMILES string of the molecule is Cn1cc(N2C(=O)C[C@H]3[C@H]2CCN3CCc2ccccc2)cn1. The van der Waals surface area contributed by atoms with Crippen LogP contribution in [-0.2, 0) is 18.3 Å². The van der Waals surface area contributed by atoms with Gasteiger partial charge in [0.15, 0.2) is 0 Å². The Hall–Kier alpha value is -2.14. The second kappa shape index (κ2) is 5.81. The number of aromatic nitrogens is 2. The normalized spacial score (nSPS) is 24.4. The highest BCUT2D eigenvalue weighted by Crippen LogP contribution is 2.35. The maximum absolute atomic E-state index is 12.5.